The maximum atomic E-state index is 11.1. The smallest absolute Gasteiger partial charge is 0.310 e. The lowest BCUT2D eigenvalue weighted by Gasteiger charge is -2.05. The fourth-order valence-corrected chi connectivity index (χ4v) is 0.283. The molecule has 0 aliphatic heterocycles. The van der Waals surface area contributed by atoms with E-state index in [1.165, 1.54) is 13.3 Å². The van der Waals surface area contributed by atoms with Crippen LogP contribution in [0.4, 0.5) is 13.2 Å². The fourth-order valence-electron chi connectivity index (χ4n) is 0.283. The van der Waals surface area contributed by atoms with E-state index in [2.05, 4.69) is 67.5 Å². The van der Waals surface area contributed by atoms with Crippen LogP contribution in [0.25, 0.3) is 0 Å². The van der Waals surface area contributed by atoms with E-state index in [0.29, 0.717) is 5.41 Å². The van der Waals surface area contributed by atoms with Crippen LogP contribution in [0.15, 0.2) is 0 Å². The first-order chi connectivity index (χ1) is 8.74. The molecule has 0 aromatic carbocycles. The van der Waals surface area contributed by atoms with Gasteiger partial charge in [0.25, 0.3) is 0 Å². The second-order valence-electron chi connectivity index (χ2n) is 6.47. The molecule has 20 heavy (non-hydrogen) atoms. The Balaban J connectivity index is -0.0000000890. The molecule has 0 amide bonds. The lowest BCUT2D eigenvalue weighted by Crippen LogP contribution is -2.08. The topological polar surface area (TPSA) is 3.24 Å². The van der Waals surface area contributed by atoms with Crippen molar-refractivity contribution in [1.29, 1.82) is 0 Å². The summed E-state index contributed by atoms with van der Waals surface area (Å²) in [5.74, 6) is 0. The Kier molecular flexibility index (Phi) is 23.5. The third kappa shape index (κ3) is 151. The highest BCUT2D eigenvalue weighted by Crippen LogP contribution is 2.20. The van der Waals surface area contributed by atoms with Crippen molar-refractivity contribution in [2.75, 3.05) is 20.6 Å². The third-order valence-corrected chi connectivity index (χ3v) is 1.17. The van der Waals surface area contributed by atoms with Crippen molar-refractivity contribution in [3.05, 3.63) is 0 Å². The second-order valence-corrected chi connectivity index (χ2v) is 6.47. The number of halogens is 3. The van der Waals surface area contributed by atoms with Crippen molar-refractivity contribution in [3.63, 3.8) is 0 Å². The van der Waals surface area contributed by atoms with Gasteiger partial charge in [-0.2, -0.15) is 13.2 Å². The van der Waals surface area contributed by atoms with Gasteiger partial charge in [0.05, 0.1) is 0 Å². The normalized spacial score (nSPS) is 10.5. The number of hydrogen-bond donors (Lipinski definition) is 0. The summed E-state index contributed by atoms with van der Waals surface area (Å²) in [7, 11) is 4.11. The standard InChI is InChI=1S/C5H12.C4H7F3.C4H11N.C3H8/c1-5(2,3)4;1-2-3-4(5,6)7;1-4-5(2)3;1-3-2/h1-4H3;2-3H2,1H3;4H2,1-3H3;3H2,1-2H3. The van der Waals surface area contributed by atoms with Crippen LogP contribution in [0, 0.1) is 5.41 Å². The van der Waals surface area contributed by atoms with Crippen molar-refractivity contribution < 1.29 is 13.2 Å². The Hall–Kier alpha value is -0.250. The van der Waals surface area contributed by atoms with Gasteiger partial charge in [0.15, 0.2) is 0 Å². The summed E-state index contributed by atoms with van der Waals surface area (Å²) in [6.07, 6.45) is -3.18. The van der Waals surface area contributed by atoms with Gasteiger partial charge in [-0.3, -0.25) is 0 Å². The molecule has 0 rings (SSSR count). The van der Waals surface area contributed by atoms with E-state index in [4.69, 9.17) is 0 Å². The van der Waals surface area contributed by atoms with E-state index < -0.39 is 12.6 Å². The minimum atomic E-state index is -3.95. The van der Waals surface area contributed by atoms with Gasteiger partial charge in [0.2, 0.25) is 0 Å². The van der Waals surface area contributed by atoms with Crippen molar-refractivity contribution in [1.82, 2.24) is 4.90 Å². The lowest BCUT2D eigenvalue weighted by atomic mass is 10.0. The zero-order valence-electron chi connectivity index (χ0n) is 15.4. The predicted molar refractivity (Wildman–Crippen MR) is 86.3 cm³/mol. The van der Waals surface area contributed by atoms with Gasteiger partial charge in [0.1, 0.15) is 0 Å². The van der Waals surface area contributed by atoms with E-state index in [-0.39, 0.29) is 6.42 Å². The van der Waals surface area contributed by atoms with Crippen molar-refractivity contribution in [3.8, 4) is 0 Å². The molecule has 1 nitrogen and oxygen atoms in total. The predicted octanol–water partition coefficient (Wildman–Crippen LogP) is 6.39. The summed E-state index contributed by atoms with van der Waals surface area (Å²) < 4.78 is 33.2. The van der Waals surface area contributed by atoms with Gasteiger partial charge in [-0.05, 0) is 32.5 Å². The Morgan fingerprint density at radius 1 is 0.800 bits per heavy atom. The Morgan fingerprint density at radius 2 is 1.00 bits per heavy atom. The van der Waals surface area contributed by atoms with E-state index in [1.807, 2.05) is 0 Å². The summed E-state index contributed by atoms with van der Waals surface area (Å²) in [6.45, 7) is 17.8. The second kappa shape index (κ2) is 16.8. The molecule has 0 aliphatic rings. The van der Waals surface area contributed by atoms with Gasteiger partial charge in [0, 0.05) is 6.42 Å². The summed E-state index contributed by atoms with van der Waals surface area (Å²) in [5, 5.41) is 0. The molecule has 0 radical (unpaired) electrons. The summed E-state index contributed by atoms with van der Waals surface area (Å²) in [6, 6.07) is 0. The summed E-state index contributed by atoms with van der Waals surface area (Å²) >= 11 is 0. The van der Waals surface area contributed by atoms with Crippen LogP contribution in [-0.4, -0.2) is 31.7 Å². The molecule has 0 aromatic rings. The first-order valence-electron chi connectivity index (χ1n) is 7.46. The van der Waals surface area contributed by atoms with Gasteiger partial charge in [-0.1, -0.05) is 61.8 Å². The Bertz CT molecular complexity index is 152. The zero-order valence-corrected chi connectivity index (χ0v) is 15.4. The van der Waals surface area contributed by atoms with Crippen LogP contribution < -0.4 is 0 Å². The molecular weight excluding hydrogens is 263 g/mol. The molecule has 0 aromatic heterocycles. The molecule has 0 unspecified atom stereocenters. The highest BCUT2D eigenvalue weighted by Gasteiger charge is 2.24. The highest BCUT2D eigenvalue weighted by molar-refractivity contribution is 4.47. The Morgan fingerprint density at radius 3 is 1.00 bits per heavy atom. The number of rotatable bonds is 2. The first-order valence-corrected chi connectivity index (χ1v) is 7.46. The largest absolute Gasteiger partial charge is 0.389 e. The molecule has 0 N–H and O–H groups in total. The van der Waals surface area contributed by atoms with Crippen molar-refractivity contribution in [2.24, 2.45) is 5.41 Å². The summed E-state index contributed by atoms with van der Waals surface area (Å²) in [5.41, 5.74) is 0.500. The third-order valence-electron chi connectivity index (χ3n) is 1.17. The Labute approximate surface area is 125 Å². The molecule has 0 bridgehead atoms. The van der Waals surface area contributed by atoms with E-state index >= 15 is 0 Å². The van der Waals surface area contributed by atoms with Gasteiger partial charge < -0.3 is 4.90 Å². The quantitative estimate of drug-likeness (QED) is 0.571. The maximum absolute atomic E-state index is 11.1. The molecule has 0 heterocycles. The average molecular weight is 301 g/mol. The van der Waals surface area contributed by atoms with Crippen LogP contribution in [0.5, 0.6) is 0 Å². The molecular formula is C16H38F3N. The summed E-state index contributed by atoms with van der Waals surface area (Å²) in [4.78, 5) is 2.12. The van der Waals surface area contributed by atoms with Gasteiger partial charge in [-0.25, -0.2) is 0 Å². The molecule has 0 saturated heterocycles. The van der Waals surface area contributed by atoms with E-state index in [1.54, 1.807) is 0 Å². The molecule has 128 valence electrons. The van der Waals surface area contributed by atoms with Crippen LogP contribution in [0.2, 0.25) is 0 Å². The maximum Gasteiger partial charge on any atom is 0.389 e. The zero-order chi connectivity index (χ0) is 17.4. The molecule has 0 saturated carbocycles. The molecule has 0 fully saturated rings. The number of hydrogen-bond acceptors (Lipinski definition) is 1. The average Bonchev–Trinajstić information content (AvgIpc) is 2.15. The monoisotopic (exact) mass is 301 g/mol. The van der Waals surface area contributed by atoms with Gasteiger partial charge in [-0.15, -0.1) is 0 Å². The number of nitrogens with zero attached hydrogens (tertiary/aromatic N) is 1. The van der Waals surface area contributed by atoms with E-state index in [0.717, 1.165) is 6.54 Å². The SMILES string of the molecule is CC(C)(C)C.CCC.CCCC(F)(F)F.CCN(C)C. The molecule has 0 aliphatic carbocycles. The van der Waals surface area contributed by atoms with Crippen molar-refractivity contribution >= 4 is 0 Å². The van der Waals surface area contributed by atoms with Crippen LogP contribution in [0.3, 0.4) is 0 Å². The first kappa shape index (κ1) is 28.0. The van der Waals surface area contributed by atoms with E-state index in [9.17, 15) is 13.2 Å². The molecule has 0 atom stereocenters. The van der Waals surface area contributed by atoms with Crippen LogP contribution in [-0.2, 0) is 0 Å². The van der Waals surface area contributed by atoms with Crippen molar-refractivity contribution in [2.45, 2.75) is 80.8 Å². The lowest BCUT2D eigenvalue weighted by molar-refractivity contribution is -0.134. The fraction of sp³-hybridized carbons (Fsp3) is 1.00. The van der Waals surface area contributed by atoms with Crippen LogP contribution in [0.1, 0.15) is 74.7 Å². The molecule has 0 spiro atoms. The van der Waals surface area contributed by atoms with Gasteiger partial charge >= 0.3 is 6.18 Å². The molecule has 4 heteroatoms. The number of alkyl halides is 3. The minimum absolute atomic E-state index is 0.184. The van der Waals surface area contributed by atoms with Crippen LogP contribution >= 0.6 is 0 Å². The highest BCUT2D eigenvalue weighted by atomic mass is 19.4. The minimum Gasteiger partial charge on any atom is -0.310 e.